The van der Waals surface area contributed by atoms with E-state index < -0.39 is 12.9 Å². The van der Waals surface area contributed by atoms with Crippen LogP contribution in [0.2, 0.25) is 5.02 Å². The second kappa shape index (κ2) is 8.10. The van der Waals surface area contributed by atoms with Crippen LogP contribution in [0.4, 0.5) is 5.69 Å². The maximum atomic E-state index is 14.7. The summed E-state index contributed by atoms with van der Waals surface area (Å²) in [6.07, 6.45) is 1.60. The minimum absolute atomic E-state index is 0.562. The Bertz CT molecular complexity index is 1020. The summed E-state index contributed by atoms with van der Waals surface area (Å²) in [4.78, 5) is 0. The van der Waals surface area contributed by atoms with Gasteiger partial charge in [-0.2, -0.15) is 0 Å². The average molecular weight is 408 g/mol. The quantitative estimate of drug-likeness (QED) is 0.395. The van der Waals surface area contributed by atoms with Gasteiger partial charge in [0.1, 0.15) is 11.5 Å². The van der Waals surface area contributed by atoms with E-state index in [4.69, 9.17) is 16.0 Å². The predicted octanol–water partition coefficient (Wildman–Crippen LogP) is 6.06. The fourth-order valence-electron chi connectivity index (χ4n) is 3.24. The Kier molecular flexibility index (Phi) is 5.38. The highest BCUT2D eigenvalue weighted by Crippen LogP contribution is 2.57. The van der Waals surface area contributed by atoms with Gasteiger partial charge in [-0.1, -0.05) is 72.3 Å². The number of furan rings is 1. The maximum Gasteiger partial charge on any atom is 0.171 e. The molecule has 4 rings (SSSR count). The highest BCUT2D eigenvalue weighted by molar-refractivity contribution is 7.79. The number of anilines is 1. The van der Waals surface area contributed by atoms with Gasteiger partial charge in [0.2, 0.25) is 0 Å². The number of nitrogens with one attached hydrogen (secondary N) is 1. The van der Waals surface area contributed by atoms with E-state index in [-0.39, 0.29) is 0 Å². The molecule has 4 aromatic rings. The zero-order chi connectivity index (χ0) is 19.4. The third-order valence-corrected chi connectivity index (χ3v) is 8.10. The Morgan fingerprint density at radius 2 is 1.32 bits per heavy atom. The Balaban J connectivity index is 1.89. The number of hydrogen-bond acceptors (Lipinski definition) is 3. The van der Waals surface area contributed by atoms with E-state index >= 15 is 0 Å². The van der Waals surface area contributed by atoms with Gasteiger partial charge in [-0.3, -0.25) is 0 Å². The normalized spacial score (nSPS) is 12.5. The minimum atomic E-state index is -3.14. The molecule has 1 unspecified atom stereocenters. The van der Waals surface area contributed by atoms with Crippen molar-refractivity contribution in [2.45, 2.75) is 5.78 Å². The minimum Gasteiger partial charge on any atom is -0.467 e. The van der Waals surface area contributed by atoms with Gasteiger partial charge in [0.05, 0.1) is 6.26 Å². The van der Waals surface area contributed by atoms with Gasteiger partial charge >= 0.3 is 0 Å². The molecule has 0 radical (unpaired) electrons. The van der Waals surface area contributed by atoms with Crippen LogP contribution < -0.4 is 15.9 Å². The van der Waals surface area contributed by atoms with Crippen molar-refractivity contribution in [3.05, 3.63) is 114 Å². The number of hydrogen-bond donors (Lipinski definition) is 1. The second-order valence-electron chi connectivity index (χ2n) is 6.40. The van der Waals surface area contributed by atoms with Crippen LogP contribution in [0.25, 0.3) is 0 Å². The lowest BCUT2D eigenvalue weighted by Gasteiger charge is -2.29. The van der Waals surface area contributed by atoms with Gasteiger partial charge in [-0.15, -0.1) is 0 Å². The highest BCUT2D eigenvalue weighted by atomic mass is 35.5. The molecule has 0 spiro atoms. The molecular weight excluding hydrogens is 389 g/mol. The smallest absolute Gasteiger partial charge is 0.171 e. The van der Waals surface area contributed by atoms with Crippen LogP contribution in [-0.4, -0.2) is 0 Å². The van der Waals surface area contributed by atoms with Crippen LogP contribution in [0.5, 0.6) is 0 Å². The molecule has 0 aliphatic rings. The highest BCUT2D eigenvalue weighted by Gasteiger charge is 2.39. The molecule has 0 fully saturated rings. The van der Waals surface area contributed by atoms with Crippen LogP contribution in [0.15, 0.2) is 108 Å². The molecule has 140 valence electrons. The molecule has 0 bridgehead atoms. The van der Waals surface area contributed by atoms with Gasteiger partial charge in [-0.05, 0) is 36.4 Å². The van der Waals surface area contributed by atoms with E-state index in [1.807, 2.05) is 84.9 Å². The van der Waals surface area contributed by atoms with Gasteiger partial charge in [0.15, 0.2) is 7.14 Å². The van der Waals surface area contributed by atoms with Crippen LogP contribution in [0.3, 0.4) is 0 Å². The molecule has 1 N–H and O–H groups in total. The summed E-state index contributed by atoms with van der Waals surface area (Å²) in [6, 6.07) is 30.1. The first-order valence-corrected chi connectivity index (χ1v) is 11.1. The van der Waals surface area contributed by atoms with Crippen LogP contribution in [0.1, 0.15) is 11.5 Å². The first kappa shape index (κ1) is 18.6. The maximum absolute atomic E-state index is 14.7. The molecule has 0 aliphatic carbocycles. The van der Waals surface area contributed by atoms with Gasteiger partial charge in [-0.25, -0.2) is 0 Å². The topological polar surface area (TPSA) is 42.2 Å². The van der Waals surface area contributed by atoms with E-state index in [9.17, 15) is 4.57 Å². The van der Waals surface area contributed by atoms with E-state index in [1.54, 1.807) is 18.4 Å². The lowest BCUT2D eigenvalue weighted by molar-refractivity contribution is 0.504. The molecule has 5 heteroatoms. The van der Waals surface area contributed by atoms with Crippen molar-refractivity contribution >= 4 is 35.0 Å². The Morgan fingerprint density at radius 1 is 0.750 bits per heavy atom. The first-order chi connectivity index (χ1) is 13.7. The summed E-state index contributed by atoms with van der Waals surface area (Å²) in [5, 5.41) is 5.61. The van der Waals surface area contributed by atoms with Crippen molar-refractivity contribution in [3.63, 3.8) is 0 Å². The van der Waals surface area contributed by atoms with Gasteiger partial charge < -0.3 is 14.3 Å². The van der Waals surface area contributed by atoms with E-state index in [1.165, 1.54) is 0 Å². The lowest BCUT2D eigenvalue weighted by Crippen LogP contribution is -2.25. The average Bonchev–Trinajstić information content (AvgIpc) is 3.28. The largest absolute Gasteiger partial charge is 0.467 e. The zero-order valence-electron chi connectivity index (χ0n) is 15.0. The molecule has 0 aliphatic heterocycles. The molecule has 3 aromatic carbocycles. The zero-order valence-corrected chi connectivity index (χ0v) is 16.7. The molecular formula is C23H19ClNO2P. The molecule has 0 saturated carbocycles. The molecule has 0 amide bonds. The fraction of sp³-hybridized carbons (Fsp3) is 0.0435. The third kappa shape index (κ3) is 3.64. The number of benzene rings is 3. The van der Waals surface area contributed by atoms with E-state index in [0.29, 0.717) is 10.8 Å². The molecule has 0 saturated heterocycles. The summed E-state index contributed by atoms with van der Waals surface area (Å²) >= 11 is 6.03. The van der Waals surface area contributed by atoms with Crippen LogP contribution >= 0.6 is 18.7 Å². The molecule has 28 heavy (non-hydrogen) atoms. The molecule has 1 heterocycles. The summed E-state index contributed by atoms with van der Waals surface area (Å²) in [6.45, 7) is 0. The Labute approximate surface area is 169 Å². The van der Waals surface area contributed by atoms with Crippen molar-refractivity contribution in [2.24, 2.45) is 0 Å². The third-order valence-electron chi connectivity index (χ3n) is 4.60. The fourth-order valence-corrected chi connectivity index (χ4v) is 6.32. The molecule has 3 nitrogen and oxygen atoms in total. The summed E-state index contributed by atoms with van der Waals surface area (Å²) in [7, 11) is -3.14. The summed E-state index contributed by atoms with van der Waals surface area (Å²) < 4.78 is 20.5. The summed E-state index contributed by atoms with van der Waals surface area (Å²) in [5.41, 5.74) is 0.817. The monoisotopic (exact) mass is 407 g/mol. The lowest BCUT2D eigenvalue weighted by atomic mass is 10.3. The van der Waals surface area contributed by atoms with Crippen molar-refractivity contribution < 1.29 is 8.98 Å². The number of halogens is 1. The van der Waals surface area contributed by atoms with E-state index in [0.717, 1.165) is 16.3 Å². The van der Waals surface area contributed by atoms with Crippen LogP contribution in [0, 0.1) is 0 Å². The van der Waals surface area contributed by atoms with E-state index in [2.05, 4.69) is 5.32 Å². The van der Waals surface area contributed by atoms with Crippen molar-refractivity contribution in [1.82, 2.24) is 0 Å². The van der Waals surface area contributed by atoms with Crippen LogP contribution in [-0.2, 0) is 4.57 Å². The molecule has 1 atom stereocenters. The Morgan fingerprint density at radius 3 is 1.82 bits per heavy atom. The predicted molar refractivity (Wildman–Crippen MR) is 116 cm³/mol. The Hall–Kier alpha value is -2.74. The van der Waals surface area contributed by atoms with Crippen molar-refractivity contribution in [3.8, 4) is 0 Å². The van der Waals surface area contributed by atoms with Gasteiger partial charge in [0.25, 0.3) is 0 Å². The number of rotatable bonds is 6. The first-order valence-electron chi connectivity index (χ1n) is 8.94. The van der Waals surface area contributed by atoms with Crippen molar-refractivity contribution in [2.75, 3.05) is 5.32 Å². The standard InChI is InChI=1S/C23H19ClNO2P/c24-18-13-15-19(16-14-18)25-23(22-12-7-17-27-22)28(26,20-8-3-1-4-9-20)21-10-5-2-6-11-21/h1-17,23,25H. The summed E-state index contributed by atoms with van der Waals surface area (Å²) in [5.74, 6) is 0.0551. The molecule has 1 aromatic heterocycles. The second-order valence-corrected chi connectivity index (χ2v) is 9.70. The van der Waals surface area contributed by atoms with Crippen molar-refractivity contribution in [1.29, 1.82) is 0 Å². The van der Waals surface area contributed by atoms with Gasteiger partial charge in [0, 0.05) is 21.3 Å². The SMILES string of the molecule is O=P(c1ccccc1)(c1ccccc1)C(Nc1ccc(Cl)cc1)c1ccco1.